The second kappa shape index (κ2) is 5.26. The molecular weight excluding hydrogens is 260 g/mol. The number of amides is 1. The number of hydrogen-bond donors (Lipinski definition) is 0. The van der Waals surface area contributed by atoms with Gasteiger partial charge in [-0.25, -0.2) is 0 Å². The van der Waals surface area contributed by atoms with Crippen LogP contribution in [0.15, 0.2) is 0 Å². The van der Waals surface area contributed by atoms with Crippen LogP contribution < -0.4 is 0 Å². The molecule has 0 saturated carbocycles. The topological polar surface area (TPSA) is 23.6 Å². The molecule has 0 radical (unpaired) electrons. The van der Waals surface area contributed by atoms with E-state index in [1.807, 2.05) is 0 Å². The first-order valence-corrected chi connectivity index (χ1v) is 8.52. The van der Waals surface area contributed by atoms with Gasteiger partial charge in [0.1, 0.15) is 0 Å². The van der Waals surface area contributed by atoms with Crippen molar-refractivity contribution < 1.29 is 4.79 Å². The van der Waals surface area contributed by atoms with Gasteiger partial charge in [0, 0.05) is 37.1 Å². The highest BCUT2D eigenvalue weighted by Crippen LogP contribution is 2.46. The summed E-state index contributed by atoms with van der Waals surface area (Å²) in [7, 11) is 0. The van der Waals surface area contributed by atoms with Gasteiger partial charge in [-0.1, -0.05) is 20.8 Å². The lowest BCUT2D eigenvalue weighted by atomic mass is 9.71. The summed E-state index contributed by atoms with van der Waals surface area (Å²) < 4.78 is 0. The van der Waals surface area contributed by atoms with Crippen molar-refractivity contribution >= 4 is 5.91 Å². The van der Waals surface area contributed by atoms with Gasteiger partial charge in [-0.3, -0.25) is 9.69 Å². The van der Waals surface area contributed by atoms with E-state index in [0.717, 1.165) is 25.9 Å². The van der Waals surface area contributed by atoms with Crippen molar-refractivity contribution in [3.8, 4) is 0 Å². The van der Waals surface area contributed by atoms with Crippen LogP contribution in [-0.2, 0) is 4.79 Å². The minimum absolute atomic E-state index is 0.130. The molecule has 3 heteroatoms. The van der Waals surface area contributed by atoms with Crippen LogP contribution in [0.5, 0.6) is 0 Å². The summed E-state index contributed by atoms with van der Waals surface area (Å²) in [5.41, 5.74) is 0.566. The lowest BCUT2D eigenvalue weighted by Gasteiger charge is -2.56. The summed E-state index contributed by atoms with van der Waals surface area (Å²) in [6.45, 7) is 17.8. The Kier molecular flexibility index (Phi) is 4.20. The molecule has 2 rings (SSSR count). The van der Waals surface area contributed by atoms with Crippen molar-refractivity contribution in [2.24, 2.45) is 5.41 Å². The first-order chi connectivity index (χ1) is 9.47. The molecule has 0 bridgehead atoms. The predicted octanol–water partition coefficient (Wildman–Crippen LogP) is 3.68. The van der Waals surface area contributed by atoms with E-state index >= 15 is 0 Å². The van der Waals surface area contributed by atoms with E-state index in [4.69, 9.17) is 0 Å². The van der Waals surface area contributed by atoms with Gasteiger partial charge in [0.25, 0.3) is 0 Å². The van der Waals surface area contributed by atoms with Crippen LogP contribution in [0.1, 0.15) is 74.1 Å². The minimum Gasteiger partial charge on any atom is -0.337 e. The Hall–Kier alpha value is -0.570. The fraction of sp³-hybridized carbons (Fsp3) is 0.944. The summed E-state index contributed by atoms with van der Waals surface area (Å²) >= 11 is 0. The SMILES string of the molecule is CC(=O)N1CCCC12CCN(C(C)(C)C)C(C(C)(C)C)C2. The first kappa shape index (κ1) is 16.8. The molecule has 2 atom stereocenters. The van der Waals surface area contributed by atoms with Gasteiger partial charge in [-0.15, -0.1) is 0 Å². The fourth-order valence-corrected chi connectivity index (χ4v) is 4.54. The molecule has 2 fully saturated rings. The maximum absolute atomic E-state index is 12.1. The molecule has 2 aliphatic heterocycles. The lowest BCUT2D eigenvalue weighted by molar-refractivity contribution is -0.138. The van der Waals surface area contributed by atoms with E-state index in [1.165, 1.54) is 12.8 Å². The van der Waals surface area contributed by atoms with E-state index < -0.39 is 0 Å². The summed E-state index contributed by atoms with van der Waals surface area (Å²) in [5, 5.41) is 0. The Balaban J connectivity index is 2.31. The monoisotopic (exact) mass is 294 g/mol. The zero-order valence-corrected chi connectivity index (χ0v) is 15.1. The molecule has 3 nitrogen and oxygen atoms in total. The Morgan fingerprint density at radius 3 is 2.14 bits per heavy atom. The molecule has 2 heterocycles. The Morgan fingerprint density at radius 2 is 1.67 bits per heavy atom. The number of hydrogen-bond acceptors (Lipinski definition) is 2. The Bertz CT molecular complexity index is 404. The van der Waals surface area contributed by atoms with E-state index in [2.05, 4.69) is 51.3 Å². The van der Waals surface area contributed by atoms with Crippen LogP contribution in [0.4, 0.5) is 0 Å². The molecule has 122 valence electrons. The first-order valence-electron chi connectivity index (χ1n) is 8.52. The van der Waals surface area contributed by atoms with Crippen LogP contribution in [0.2, 0.25) is 0 Å². The molecule has 0 aromatic carbocycles. The predicted molar refractivity (Wildman–Crippen MR) is 88.3 cm³/mol. The van der Waals surface area contributed by atoms with Gasteiger partial charge in [0.15, 0.2) is 0 Å². The van der Waals surface area contributed by atoms with Crippen LogP contribution in [0, 0.1) is 5.41 Å². The van der Waals surface area contributed by atoms with E-state index in [-0.39, 0.29) is 22.4 Å². The van der Waals surface area contributed by atoms with Gasteiger partial charge >= 0.3 is 0 Å². The highest BCUT2D eigenvalue weighted by Gasteiger charge is 2.51. The van der Waals surface area contributed by atoms with Crippen LogP contribution in [0.3, 0.4) is 0 Å². The third-order valence-corrected chi connectivity index (χ3v) is 5.61. The second-order valence-corrected chi connectivity index (χ2v) is 9.20. The van der Waals surface area contributed by atoms with Gasteiger partial charge < -0.3 is 4.90 Å². The van der Waals surface area contributed by atoms with E-state index in [1.54, 1.807) is 6.92 Å². The molecule has 2 aliphatic rings. The average Bonchev–Trinajstić information content (AvgIpc) is 2.70. The standard InChI is InChI=1S/C18H34N2O/c1-14(21)19-11-8-9-18(19)10-12-20(17(5,6)7)15(13-18)16(2,3)4/h15H,8-13H2,1-7H3. The molecule has 0 aromatic rings. The molecular formula is C18H34N2O. The summed E-state index contributed by atoms with van der Waals surface area (Å²) in [5.74, 6) is 0.268. The average molecular weight is 294 g/mol. The van der Waals surface area contributed by atoms with Gasteiger partial charge in [0.2, 0.25) is 5.91 Å². The quantitative estimate of drug-likeness (QED) is 0.680. The smallest absolute Gasteiger partial charge is 0.219 e. The van der Waals surface area contributed by atoms with Crippen molar-refractivity contribution in [3.05, 3.63) is 0 Å². The molecule has 1 spiro atoms. The molecule has 0 aliphatic carbocycles. The fourth-order valence-electron chi connectivity index (χ4n) is 4.54. The highest BCUT2D eigenvalue weighted by atomic mass is 16.2. The van der Waals surface area contributed by atoms with Gasteiger partial charge in [-0.2, -0.15) is 0 Å². The Morgan fingerprint density at radius 1 is 1.05 bits per heavy atom. The zero-order valence-electron chi connectivity index (χ0n) is 15.1. The van der Waals surface area contributed by atoms with Gasteiger partial charge in [-0.05, 0) is 51.9 Å². The van der Waals surface area contributed by atoms with Crippen molar-refractivity contribution in [1.82, 2.24) is 9.80 Å². The number of nitrogens with zero attached hydrogens (tertiary/aromatic N) is 2. The number of likely N-dealkylation sites (tertiary alicyclic amines) is 2. The third-order valence-electron chi connectivity index (χ3n) is 5.61. The third kappa shape index (κ3) is 3.13. The van der Waals surface area contributed by atoms with Crippen molar-refractivity contribution in [1.29, 1.82) is 0 Å². The van der Waals surface area contributed by atoms with Gasteiger partial charge in [0.05, 0.1) is 0 Å². The molecule has 0 N–H and O–H groups in total. The molecule has 1 amide bonds. The lowest BCUT2D eigenvalue weighted by Crippen LogP contribution is -2.63. The van der Waals surface area contributed by atoms with E-state index in [9.17, 15) is 4.79 Å². The zero-order chi connectivity index (χ0) is 16.1. The van der Waals surface area contributed by atoms with Crippen LogP contribution in [0.25, 0.3) is 0 Å². The largest absolute Gasteiger partial charge is 0.337 e. The minimum atomic E-state index is 0.130. The number of carbonyl (C=O) groups is 1. The number of rotatable bonds is 0. The summed E-state index contributed by atoms with van der Waals surface area (Å²) in [4.78, 5) is 16.9. The number of carbonyl (C=O) groups excluding carboxylic acids is 1. The molecule has 2 saturated heterocycles. The molecule has 0 aromatic heterocycles. The highest BCUT2D eigenvalue weighted by molar-refractivity contribution is 5.74. The van der Waals surface area contributed by atoms with Crippen molar-refractivity contribution in [3.63, 3.8) is 0 Å². The molecule has 2 unspecified atom stereocenters. The normalized spacial score (nSPS) is 32.0. The van der Waals surface area contributed by atoms with E-state index in [0.29, 0.717) is 6.04 Å². The molecule has 21 heavy (non-hydrogen) atoms. The second-order valence-electron chi connectivity index (χ2n) is 9.20. The van der Waals surface area contributed by atoms with Crippen LogP contribution in [-0.4, -0.2) is 45.9 Å². The number of piperidine rings is 1. The summed E-state index contributed by atoms with van der Waals surface area (Å²) in [6, 6.07) is 0.534. The maximum Gasteiger partial charge on any atom is 0.219 e. The maximum atomic E-state index is 12.1. The van der Waals surface area contributed by atoms with Crippen LogP contribution >= 0.6 is 0 Å². The Labute approximate surface area is 131 Å². The van der Waals surface area contributed by atoms with Crippen molar-refractivity contribution in [2.75, 3.05) is 13.1 Å². The summed E-state index contributed by atoms with van der Waals surface area (Å²) in [6.07, 6.45) is 4.63. The van der Waals surface area contributed by atoms with Crippen molar-refractivity contribution in [2.45, 2.75) is 91.3 Å².